The largest absolute Gasteiger partial charge is 0.367 e. The summed E-state index contributed by atoms with van der Waals surface area (Å²) in [6.45, 7) is 7.56. The van der Waals surface area contributed by atoms with Crippen molar-refractivity contribution in [3.8, 4) is 22.8 Å². The molecule has 2 aliphatic rings. The molecule has 0 spiro atoms. The number of carbonyl (C=O) groups is 2. The van der Waals surface area contributed by atoms with Crippen LogP contribution in [0.4, 0.5) is 14.5 Å². The maximum Gasteiger partial charge on any atom is 0.258 e. The quantitative estimate of drug-likeness (QED) is 0.217. The van der Waals surface area contributed by atoms with Gasteiger partial charge < -0.3 is 15.0 Å². The fraction of sp³-hybridized carbons (Fsp3) is 0.342. The summed E-state index contributed by atoms with van der Waals surface area (Å²) in [5.41, 5.74) is 2.08. The molecule has 2 aromatic carbocycles. The van der Waals surface area contributed by atoms with Gasteiger partial charge in [-0.15, -0.1) is 0 Å². The fourth-order valence-corrected chi connectivity index (χ4v) is 6.66. The van der Waals surface area contributed by atoms with Gasteiger partial charge in [-0.05, 0) is 60.9 Å². The smallest absolute Gasteiger partial charge is 0.258 e. The van der Waals surface area contributed by atoms with Gasteiger partial charge in [-0.3, -0.25) is 19.6 Å². The Bertz CT molecular complexity index is 2180. The highest BCUT2D eigenvalue weighted by Crippen LogP contribution is 2.33. The lowest BCUT2D eigenvalue weighted by atomic mass is 9.95. The number of methoxy groups -OCH3 is 1. The second kappa shape index (κ2) is 13.9. The maximum absolute atomic E-state index is 15.1. The summed E-state index contributed by atoms with van der Waals surface area (Å²) in [5, 5.41) is 11.4. The first-order chi connectivity index (χ1) is 24.9. The van der Waals surface area contributed by atoms with E-state index in [1.165, 1.54) is 19.5 Å². The monoisotopic (exact) mass is 707 g/mol. The molecule has 0 radical (unpaired) electrons. The number of carbonyl (C=O) groups excluding carboxylic acids is 2. The maximum atomic E-state index is 15.1. The zero-order valence-electron chi connectivity index (χ0n) is 29.4. The van der Waals surface area contributed by atoms with Gasteiger partial charge in [0.1, 0.15) is 23.2 Å². The molecule has 2 aliphatic heterocycles. The van der Waals surface area contributed by atoms with Gasteiger partial charge in [0.2, 0.25) is 5.91 Å². The number of fused-ring (bicyclic) bond motifs is 1. The van der Waals surface area contributed by atoms with Crippen LogP contribution in [0.25, 0.3) is 39.3 Å². The molecule has 2 amide bonds. The molecule has 12 nitrogen and oxygen atoms in total. The van der Waals surface area contributed by atoms with E-state index in [0.717, 1.165) is 23.0 Å². The van der Waals surface area contributed by atoms with Gasteiger partial charge in [-0.2, -0.15) is 5.10 Å². The highest BCUT2D eigenvalue weighted by Gasteiger charge is 2.45. The van der Waals surface area contributed by atoms with Crippen molar-refractivity contribution in [1.82, 2.24) is 39.9 Å². The minimum absolute atomic E-state index is 0.0112. The Labute approximate surface area is 299 Å². The number of halogens is 2. The topological polar surface area (TPSA) is 142 Å². The van der Waals surface area contributed by atoms with Crippen molar-refractivity contribution in [2.45, 2.75) is 44.6 Å². The second-order valence-electron chi connectivity index (χ2n) is 14.2. The molecule has 52 heavy (non-hydrogen) atoms. The van der Waals surface area contributed by atoms with Crippen LogP contribution >= 0.6 is 0 Å². The van der Waals surface area contributed by atoms with Crippen LogP contribution in [0.5, 0.6) is 0 Å². The molecule has 0 saturated carbocycles. The third-order valence-electron chi connectivity index (χ3n) is 9.64. The second-order valence-corrected chi connectivity index (χ2v) is 14.2. The van der Waals surface area contributed by atoms with Crippen LogP contribution in [0.1, 0.15) is 45.0 Å². The predicted octanol–water partition coefficient (Wildman–Crippen LogP) is 5.40. The molecule has 14 heteroatoms. The van der Waals surface area contributed by atoms with E-state index in [0.29, 0.717) is 54.4 Å². The van der Waals surface area contributed by atoms with E-state index in [-0.39, 0.29) is 53.8 Å². The summed E-state index contributed by atoms with van der Waals surface area (Å²) in [5.74, 6) is -0.821. The molecule has 0 aliphatic carbocycles. The number of amides is 2. The number of rotatable bonds is 8. The summed E-state index contributed by atoms with van der Waals surface area (Å²) in [7, 11) is 1.50. The molecule has 268 valence electrons. The first kappa shape index (κ1) is 35.0. The number of anilines is 1. The van der Waals surface area contributed by atoms with Gasteiger partial charge in [0.15, 0.2) is 11.4 Å². The van der Waals surface area contributed by atoms with Crippen molar-refractivity contribution in [2.24, 2.45) is 0 Å². The van der Waals surface area contributed by atoms with Crippen LogP contribution in [0.2, 0.25) is 0 Å². The van der Waals surface area contributed by atoms with Crippen molar-refractivity contribution >= 4 is 34.0 Å². The molecule has 2 N–H and O–H groups in total. The van der Waals surface area contributed by atoms with E-state index >= 15 is 4.39 Å². The molecule has 7 rings (SSSR count). The molecular formula is C38H39F2N9O3. The fourth-order valence-electron chi connectivity index (χ4n) is 6.66. The number of nitrogens with zero attached hydrogens (tertiary/aromatic N) is 7. The van der Waals surface area contributed by atoms with Crippen LogP contribution in [-0.2, 0) is 19.7 Å². The molecule has 5 aromatic rings. The summed E-state index contributed by atoms with van der Waals surface area (Å²) in [6, 6.07) is 11.2. The lowest BCUT2D eigenvalue weighted by Gasteiger charge is -2.30. The number of H-pyrrole nitrogens is 1. The van der Waals surface area contributed by atoms with Gasteiger partial charge in [-0.25, -0.2) is 28.7 Å². The minimum Gasteiger partial charge on any atom is -0.367 e. The van der Waals surface area contributed by atoms with Crippen LogP contribution in [0, 0.1) is 11.6 Å². The number of benzene rings is 2. The van der Waals surface area contributed by atoms with Crippen LogP contribution in [0.3, 0.4) is 0 Å². The third-order valence-corrected chi connectivity index (χ3v) is 9.64. The van der Waals surface area contributed by atoms with Gasteiger partial charge in [0.25, 0.3) is 5.91 Å². The summed E-state index contributed by atoms with van der Waals surface area (Å²) < 4.78 is 35.9. The SMILES string of the molecule is CO[C@@]1(C(=O)Nc2ccc3[nH]nc(-c4ccnc(C(C)(C)C)n4)c3c2)CCN(CC(=O)N2CC=C(c3cc(F)c(-c4ncccn4)cc3F)CC2)C1. The standard InChI is InChI=1S/C38H39F2N9O3/c1-37(2,3)35-43-14-8-31(45-35)33-27-18-24(6-7-30(27)46-47-33)44-36(51)38(52-4)11-17-48(22-38)21-32(50)49-15-9-23(10-16-49)25-19-29(40)26(20-28(25)39)34-41-12-5-13-42-34/h5-9,12-14,18-20H,10-11,15-17,21-22H2,1-4H3,(H,44,51)(H,46,47)/t38-/m0/s1. The molecule has 0 unspecified atom stereocenters. The Hall–Kier alpha value is -5.47. The highest BCUT2D eigenvalue weighted by molar-refractivity contribution is 6.01. The zero-order valence-corrected chi connectivity index (χ0v) is 29.4. The van der Waals surface area contributed by atoms with Crippen LogP contribution in [0.15, 0.2) is 67.1 Å². The Morgan fingerprint density at radius 2 is 1.77 bits per heavy atom. The number of aromatic amines is 1. The van der Waals surface area contributed by atoms with E-state index in [2.05, 4.69) is 30.5 Å². The average Bonchev–Trinajstić information content (AvgIpc) is 3.77. The molecule has 5 heterocycles. The number of hydrogen-bond donors (Lipinski definition) is 2. The van der Waals surface area contributed by atoms with Crippen molar-refractivity contribution in [1.29, 1.82) is 0 Å². The summed E-state index contributed by atoms with van der Waals surface area (Å²) in [4.78, 5) is 47.9. The minimum atomic E-state index is -1.16. The Morgan fingerprint density at radius 3 is 2.50 bits per heavy atom. The average molecular weight is 708 g/mol. The number of likely N-dealkylation sites (tertiary alicyclic amines) is 1. The molecule has 1 fully saturated rings. The first-order valence-electron chi connectivity index (χ1n) is 17.1. The van der Waals surface area contributed by atoms with Gasteiger partial charge in [-0.1, -0.05) is 26.8 Å². The summed E-state index contributed by atoms with van der Waals surface area (Å²) in [6.07, 6.45) is 7.18. The number of hydrogen-bond acceptors (Lipinski definition) is 9. The number of ether oxygens (including phenoxy) is 1. The molecule has 3 aromatic heterocycles. The third kappa shape index (κ3) is 6.91. The predicted molar refractivity (Wildman–Crippen MR) is 192 cm³/mol. The molecule has 0 bridgehead atoms. The van der Waals surface area contributed by atoms with Crippen molar-refractivity contribution < 1.29 is 23.1 Å². The highest BCUT2D eigenvalue weighted by atomic mass is 19.1. The van der Waals surface area contributed by atoms with E-state index in [4.69, 9.17) is 9.72 Å². The van der Waals surface area contributed by atoms with Crippen molar-refractivity contribution in [3.63, 3.8) is 0 Å². The van der Waals surface area contributed by atoms with E-state index < -0.39 is 17.2 Å². The van der Waals surface area contributed by atoms with E-state index in [9.17, 15) is 14.0 Å². The Morgan fingerprint density at radius 1 is 1.00 bits per heavy atom. The zero-order chi connectivity index (χ0) is 36.6. The lowest BCUT2D eigenvalue weighted by molar-refractivity contribution is -0.138. The molecular weight excluding hydrogens is 668 g/mol. The summed E-state index contributed by atoms with van der Waals surface area (Å²) >= 11 is 0. The molecule has 1 atom stereocenters. The Kier molecular flexibility index (Phi) is 9.36. The van der Waals surface area contributed by atoms with E-state index in [1.807, 2.05) is 43.9 Å². The number of aromatic nitrogens is 6. The van der Waals surface area contributed by atoms with Crippen molar-refractivity contribution in [2.75, 3.05) is 45.2 Å². The van der Waals surface area contributed by atoms with Gasteiger partial charge in [0.05, 0.1) is 23.3 Å². The van der Waals surface area contributed by atoms with Gasteiger partial charge >= 0.3 is 0 Å². The van der Waals surface area contributed by atoms with E-state index in [1.54, 1.807) is 29.3 Å². The normalized spacial score (nSPS) is 18.1. The van der Waals surface area contributed by atoms with Crippen LogP contribution < -0.4 is 5.32 Å². The lowest BCUT2D eigenvalue weighted by Crippen LogP contribution is -2.48. The van der Waals surface area contributed by atoms with Gasteiger partial charge in [0, 0.05) is 73.9 Å². The van der Waals surface area contributed by atoms with Crippen molar-refractivity contribution in [3.05, 3.63) is 90.2 Å². The molecule has 1 saturated heterocycles. The Balaban J connectivity index is 0.986. The van der Waals surface area contributed by atoms with Crippen LogP contribution in [-0.4, -0.2) is 97.2 Å². The first-order valence-corrected chi connectivity index (χ1v) is 17.1. The number of nitrogens with one attached hydrogen (secondary N) is 2.